The zero-order chi connectivity index (χ0) is 14.3. The summed E-state index contributed by atoms with van der Waals surface area (Å²) in [5.41, 5.74) is 0.586. The number of nitrogens with one attached hydrogen (secondary N) is 1. The normalized spacial score (nSPS) is 10.5. The van der Waals surface area contributed by atoms with E-state index < -0.39 is 5.97 Å². The fourth-order valence-electron chi connectivity index (χ4n) is 1.47. The van der Waals surface area contributed by atoms with Gasteiger partial charge in [-0.3, -0.25) is 9.59 Å². The van der Waals surface area contributed by atoms with E-state index in [2.05, 4.69) is 5.32 Å². The number of aliphatic carboxylic acids is 1. The van der Waals surface area contributed by atoms with Gasteiger partial charge in [0.25, 0.3) is 0 Å². The topological polar surface area (TPSA) is 69.6 Å². The van der Waals surface area contributed by atoms with Gasteiger partial charge in [-0.25, -0.2) is 0 Å². The maximum absolute atomic E-state index is 11.7. The van der Waals surface area contributed by atoms with Crippen molar-refractivity contribution in [1.29, 1.82) is 0 Å². The van der Waals surface area contributed by atoms with Crippen LogP contribution in [0.4, 0.5) is 5.69 Å². The first-order chi connectivity index (χ1) is 8.99. The van der Waals surface area contributed by atoms with Crippen LogP contribution in [0.5, 0.6) is 0 Å². The largest absolute Gasteiger partial charge is 0.481 e. The number of para-hydroxylation sites is 1. The van der Waals surface area contributed by atoms with E-state index in [1.165, 1.54) is 0 Å². The number of rotatable bonds is 7. The average Bonchev–Trinajstić information content (AvgIpc) is 2.36. The first-order valence-corrected chi connectivity index (χ1v) is 6.31. The van der Waals surface area contributed by atoms with Crippen molar-refractivity contribution in [1.82, 2.24) is 4.90 Å². The Balaban J connectivity index is 2.32. The molecule has 0 atom stereocenters. The molecule has 1 aromatic carbocycles. The fourth-order valence-corrected chi connectivity index (χ4v) is 1.65. The van der Waals surface area contributed by atoms with E-state index in [1.807, 2.05) is 0 Å². The minimum atomic E-state index is -0.840. The van der Waals surface area contributed by atoms with E-state index in [4.69, 9.17) is 16.7 Å². The van der Waals surface area contributed by atoms with E-state index in [0.29, 0.717) is 30.2 Å². The lowest BCUT2D eigenvalue weighted by molar-refractivity contribution is -0.137. The number of carboxylic acid groups (broad SMARTS) is 1. The van der Waals surface area contributed by atoms with Crippen molar-refractivity contribution in [2.24, 2.45) is 0 Å². The summed E-state index contributed by atoms with van der Waals surface area (Å²) in [6.45, 7) is 0.929. The van der Waals surface area contributed by atoms with E-state index >= 15 is 0 Å². The van der Waals surface area contributed by atoms with Gasteiger partial charge in [0.1, 0.15) is 0 Å². The van der Waals surface area contributed by atoms with Gasteiger partial charge in [-0.2, -0.15) is 0 Å². The molecule has 0 saturated carbocycles. The number of hydrogen-bond acceptors (Lipinski definition) is 3. The predicted molar refractivity (Wildman–Crippen MR) is 74.4 cm³/mol. The Kier molecular flexibility index (Phi) is 6.32. The summed E-state index contributed by atoms with van der Waals surface area (Å²) in [7, 11) is 1.78. The minimum Gasteiger partial charge on any atom is -0.481 e. The molecule has 0 aliphatic carbocycles. The molecule has 6 heteroatoms. The molecule has 0 aliphatic heterocycles. The molecule has 0 unspecified atom stereocenters. The second kappa shape index (κ2) is 7.76. The van der Waals surface area contributed by atoms with Crippen LogP contribution in [0.15, 0.2) is 24.3 Å². The van der Waals surface area contributed by atoms with Gasteiger partial charge < -0.3 is 15.3 Å². The third-order valence-electron chi connectivity index (χ3n) is 2.58. The standard InChI is InChI=1S/C13H17ClN2O3/c1-16(9-7-13(18)19)8-6-12(17)15-11-5-3-2-4-10(11)14/h2-5H,6-9H2,1H3,(H,15,17)(H,18,19). The maximum Gasteiger partial charge on any atom is 0.304 e. The summed E-state index contributed by atoms with van der Waals surface area (Å²) in [4.78, 5) is 23.9. The van der Waals surface area contributed by atoms with Crippen molar-refractivity contribution in [3.05, 3.63) is 29.3 Å². The van der Waals surface area contributed by atoms with Crippen LogP contribution in [-0.2, 0) is 9.59 Å². The Hall–Kier alpha value is -1.59. The first kappa shape index (κ1) is 15.5. The van der Waals surface area contributed by atoms with Crippen LogP contribution < -0.4 is 5.32 Å². The lowest BCUT2D eigenvalue weighted by atomic mass is 10.3. The summed E-state index contributed by atoms with van der Waals surface area (Å²) in [6, 6.07) is 7.02. The van der Waals surface area contributed by atoms with Gasteiger partial charge in [-0.1, -0.05) is 23.7 Å². The van der Waals surface area contributed by atoms with Crippen molar-refractivity contribution in [2.75, 3.05) is 25.5 Å². The molecule has 0 fully saturated rings. The van der Waals surface area contributed by atoms with Gasteiger partial charge >= 0.3 is 5.97 Å². The number of benzene rings is 1. The van der Waals surface area contributed by atoms with Crippen molar-refractivity contribution < 1.29 is 14.7 Å². The fraction of sp³-hybridized carbons (Fsp3) is 0.385. The van der Waals surface area contributed by atoms with Crippen LogP contribution in [0.25, 0.3) is 0 Å². The SMILES string of the molecule is CN(CCC(=O)O)CCC(=O)Nc1ccccc1Cl. The van der Waals surface area contributed by atoms with E-state index in [1.54, 1.807) is 36.2 Å². The van der Waals surface area contributed by atoms with Crippen LogP contribution in [0.2, 0.25) is 5.02 Å². The van der Waals surface area contributed by atoms with Gasteiger partial charge in [-0.15, -0.1) is 0 Å². The van der Waals surface area contributed by atoms with Crippen LogP contribution in [0, 0.1) is 0 Å². The third-order valence-corrected chi connectivity index (χ3v) is 2.91. The van der Waals surface area contributed by atoms with E-state index in [9.17, 15) is 9.59 Å². The van der Waals surface area contributed by atoms with Crippen LogP contribution in [0.1, 0.15) is 12.8 Å². The Bertz CT molecular complexity index is 451. The smallest absolute Gasteiger partial charge is 0.304 e. The quantitative estimate of drug-likeness (QED) is 0.804. The molecule has 0 bridgehead atoms. The number of anilines is 1. The molecule has 0 heterocycles. The Morgan fingerprint density at radius 3 is 2.53 bits per heavy atom. The molecule has 1 amide bonds. The van der Waals surface area contributed by atoms with Gasteiger partial charge in [-0.05, 0) is 19.2 Å². The summed E-state index contributed by atoms with van der Waals surface area (Å²) < 4.78 is 0. The molecule has 1 rings (SSSR count). The minimum absolute atomic E-state index is 0.0721. The summed E-state index contributed by atoms with van der Waals surface area (Å²) in [5.74, 6) is -0.984. The van der Waals surface area contributed by atoms with Crippen LogP contribution in [-0.4, -0.2) is 42.0 Å². The predicted octanol–water partition coefficient (Wildman–Crippen LogP) is 2.08. The molecule has 104 valence electrons. The van der Waals surface area contributed by atoms with Crippen molar-refractivity contribution in [3.8, 4) is 0 Å². The average molecular weight is 285 g/mol. The molecular formula is C13H17ClN2O3. The highest BCUT2D eigenvalue weighted by Crippen LogP contribution is 2.20. The Morgan fingerprint density at radius 1 is 1.26 bits per heavy atom. The molecule has 0 aliphatic rings. The Morgan fingerprint density at radius 2 is 1.89 bits per heavy atom. The van der Waals surface area contributed by atoms with Crippen molar-refractivity contribution in [2.45, 2.75) is 12.8 Å². The highest BCUT2D eigenvalue weighted by Gasteiger charge is 2.08. The second-order valence-corrected chi connectivity index (χ2v) is 4.63. The molecule has 19 heavy (non-hydrogen) atoms. The number of halogens is 1. The number of hydrogen-bond donors (Lipinski definition) is 2. The number of carbonyl (C=O) groups is 2. The zero-order valence-electron chi connectivity index (χ0n) is 10.7. The highest BCUT2D eigenvalue weighted by atomic mass is 35.5. The summed E-state index contributed by atoms with van der Waals surface area (Å²) in [5, 5.41) is 11.8. The first-order valence-electron chi connectivity index (χ1n) is 5.93. The van der Waals surface area contributed by atoms with Gasteiger partial charge in [0.2, 0.25) is 5.91 Å². The molecule has 1 aromatic rings. The van der Waals surface area contributed by atoms with Gasteiger partial charge in [0, 0.05) is 19.5 Å². The molecule has 0 saturated heterocycles. The lowest BCUT2D eigenvalue weighted by Crippen LogP contribution is -2.26. The third kappa shape index (κ3) is 6.22. The van der Waals surface area contributed by atoms with E-state index in [-0.39, 0.29) is 12.3 Å². The zero-order valence-corrected chi connectivity index (χ0v) is 11.5. The van der Waals surface area contributed by atoms with Crippen LogP contribution >= 0.6 is 11.6 Å². The number of amides is 1. The van der Waals surface area contributed by atoms with Crippen LogP contribution in [0.3, 0.4) is 0 Å². The summed E-state index contributed by atoms with van der Waals surface area (Å²) >= 11 is 5.93. The molecule has 2 N–H and O–H groups in total. The maximum atomic E-state index is 11.7. The van der Waals surface area contributed by atoms with Crippen molar-refractivity contribution >= 4 is 29.2 Å². The lowest BCUT2D eigenvalue weighted by Gasteiger charge is -2.15. The van der Waals surface area contributed by atoms with Crippen molar-refractivity contribution in [3.63, 3.8) is 0 Å². The monoisotopic (exact) mass is 284 g/mol. The molecule has 0 aromatic heterocycles. The number of carbonyl (C=O) groups excluding carboxylic acids is 1. The van der Waals surface area contributed by atoms with Gasteiger partial charge in [0.15, 0.2) is 0 Å². The molecule has 5 nitrogen and oxygen atoms in total. The van der Waals surface area contributed by atoms with E-state index in [0.717, 1.165) is 0 Å². The van der Waals surface area contributed by atoms with Gasteiger partial charge in [0.05, 0.1) is 17.1 Å². The number of carboxylic acids is 1. The second-order valence-electron chi connectivity index (χ2n) is 4.23. The molecular weight excluding hydrogens is 268 g/mol. The molecule has 0 spiro atoms. The molecule has 0 radical (unpaired) electrons. The number of nitrogens with zero attached hydrogens (tertiary/aromatic N) is 1. The highest BCUT2D eigenvalue weighted by molar-refractivity contribution is 6.33. The summed E-state index contributed by atoms with van der Waals surface area (Å²) in [6.07, 6.45) is 0.365. The Labute approximate surface area is 117 Å².